The highest BCUT2D eigenvalue weighted by atomic mass is 19.4. The molecule has 1 aliphatic carbocycles. The van der Waals surface area contributed by atoms with E-state index in [0.29, 0.717) is 50.3 Å². The predicted octanol–water partition coefficient (Wildman–Crippen LogP) is 1.89. The van der Waals surface area contributed by atoms with Crippen molar-refractivity contribution >= 4 is 11.9 Å². The minimum absolute atomic E-state index is 0.0594. The van der Waals surface area contributed by atoms with E-state index in [1.54, 1.807) is 16.9 Å². The Morgan fingerprint density at radius 3 is 2.86 bits per heavy atom. The zero-order valence-electron chi connectivity index (χ0n) is 20.2. The zero-order valence-corrected chi connectivity index (χ0v) is 20.2. The van der Waals surface area contributed by atoms with Crippen molar-refractivity contribution in [3.05, 3.63) is 29.1 Å². The van der Waals surface area contributed by atoms with E-state index in [2.05, 4.69) is 10.3 Å². The third-order valence-corrected chi connectivity index (χ3v) is 8.37. The summed E-state index contributed by atoms with van der Waals surface area (Å²) in [5.41, 5.74) is 5.13. The molecule has 1 saturated carbocycles. The second kappa shape index (κ2) is 9.46. The Morgan fingerprint density at radius 2 is 2.14 bits per heavy atom. The molecule has 3 unspecified atom stereocenters. The van der Waals surface area contributed by atoms with Crippen LogP contribution < -0.4 is 11.1 Å². The summed E-state index contributed by atoms with van der Waals surface area (Å²) >= 11 is 0. The van der Waals surface area contributed by atoms with Gasteiger partial charge in [0.2, 0.25) is 5.91 Å². The summed E-state index contributed by atoms with van der Waals surface area (Å²) < 4.78 is 50.8. The number of aromatic nitrogens is 1. The van der Waals surface area contributed by atoms with Crippen molar-refractivity contribution in [3.8, 4) is 0 Å². The molecular formula is C24H32F3N5O4. The number of likely N-dealkylation sites (tertiary alicyclic amines) is 1. The lowest BCUT2D eigenvalue weighted by Crippen LogP contribution is -2.58. The van der Waals surface area contributed by atoms with E-state index in [0.717, 1.165) is 25.1 Å². The number of pyridine rings is 1. The number of ether oxygens (including phenoxy) is 2. The first-order valence-corrected chi connectivity index (χ1v) is 12.4. The number of primary amides is 1. The van der Waals surface area contributed by atoms with Crippen LogP contribution in [0.4, 0.5) is 18.0 Å². The number of carbonyl (C=O) groups is 2. The van der Waals surface area contributed by atoms with Crippen LogP contribution in [0.3, 0.4) is 0 Å². The highest BCUT2D eigenvalue weighted by molar-refractivity contribution is 5.86. The van der Waals surface area contributed by atoms with Crippen LogP contribution in [0.5, 0.6) is 0 Å². The van der Waals surface area contributed by atoms with Crippen LogP contribution in [0.1, 0.15) is 42.5 Å². The van der Waals surface area contributed by atoms with E-state index in [9.17, 15) is 22.8 Å². The number of amides is 3. The SMILES string of the molecule is CO[C@@H]1COCC[C@@H]1NC1C2CCCC2(C(=O)N2CCc3ncc(C(F)(F)F)cc3C2)CN1C(N)=O. The summed E-state index contributed by atoms with van der Waals surface area (Å²) in [4.78, 5) is 33.7. The highest BCUT2D eigenvalue weighted by Gasteiger charge is 2.61. The van der Waals surface area contributed by atoms with Gasteiger partial charge in [0, 0.05) is 63.6 Å². The van der Waals surface area contributed by atoms with Crippen molar-refractivity contribution in [2.24, 2.45) is 17.1 Å². The Hall–Kier alpha value is -2.44. The maximum absolute atomic E-state index is 14.1. The minimum Gasteiger partial charge on any atom is -0.379 e. The standard InChI is InChI=1S/C24H32F3N5O4/c1-35-19-12-36-8-5-18(19)30-20-16-3-2-6-23(16,13-32(20)22(28)34)21(33)31-7-4-17-14(11-31)9-15(10-29-17)24(25,26)27/h9-10,16,18-20,30H,2-8,11-13H2,1H3,(H2,28,34)/t16?,18-,19+,20?,23?/m0/s1. The van der Waals surface area contributed by atoms with Gasteiger partial charge in [-0.1, -0.05) is 6.42 Å². The van der Waals surface area contributed by atoms with Crippen LogP contribution in [-0.4, -0.2) is 78.4 Å². The molecule has 1 aromatic rings. The number of hydrogen-bond donors (Lipinski definition) is 2. The average Bonchev–Trinajstić information content (AvgIpc) is 3.41. The Morgan fingerprint density at radius 1 is 1.33 bits per heavy atom. The molecular weight excluding hydrogens is 479 g/mol. The van der Waals surface area contributed by atoms with Crippen molar-refractivity contribution in [2.45, 2.75) is 63.1 Å². The van der Waals surface area contributed by atoms with Crippen LogP contribution in [0.15, 0.2) is 12.3 Å². The van der Waals surface area contributed by atoms with Crippen LogP contribution in [0.25, 0.3) is 0 Å². The maximum atomic E-state index is 14.1. The number of urea groups is 1. The Kier molecular flexibility index (Phi) is 6.63. The van der Waals surface area contributed by atoms with Crippen molar-refractivity contribution in [1.29, 1.82) is 0 Å². The summed E-state index contributed by atoms with van der Waals surface area (Å²) in [7, 11) is 1.62. The number of hydrogen-bond acceptors (Lipinski definition) is 6. The number of rotatable bonds is 4. The summed E-state index contributed by atoms with van der Waals surface area (Å²) in [5, 5.41) is 3.56. The summed E-state index contributed by atoms with van der Waals surface area (Å²) in [5.74, 6) is -0.280. The Bertz CT molecular complexity index is 1020. The first kappa shape index (κ1) is 25.2. The fourth-order valence-corrected chi connectivity index (χ4v) is 6.55. The van der Waals surface area contributed by atoms with Gasteiger partial charge in [-0.15, -0.1) is 0 Å². The third kappa shape index (κ3) is 4.32. The van der Waals surface area contributed by atoms with E-state index in [-0.39, 0.29) is 37.1 Å². The van der Waals surface area contributed by atoms with Crippen LogP contribution >= 0.6 is 0 Å². The van der Waals surface area contributed by atoms with E-state index in [1.165, 1.54) is 0 Å². The Balaban J connectivity index is 1.39. The number of alkyl halides is 3. The van der Waals surface area contributed by atoms with Crippen molar-refractivity contribution in [2.75, 3.05) is 33.4 Å². The molecule has 3 N–H and O–H groups in total. The zero-order chi connectivity index (χ0) is 25.7. The van der Waals surface area contributed by atoms with E-state index in [1.807, 2.05) is 0 Å². The first-order chi connectivity index (χ1) is 17.1. The second-order valence-electron chi connectivity index (χ2n) is 10.3. The van der Waals surface area contributed by atoms with E-state index >= 15 is 0 Å². The molecule has 0 aromatic carbocycles. The largest absolute Gasteiger partial charge is 0.417 e. The van der Waals surface area contributed by atoms with Gasteiger partial charge in [0.1, 0.15) is 0 Å². The lowest BCUT2D eigenvalue weighted by molar-refractivity contribution is -0.144. The maximum Gasteiger partial charge on any atom is 0.417 e. The fraction of sp³-hybridized carbons (Fsp3) is 0.708. The van der Waals surface area contributed by atoms with E-state index in [4.69, 9.17) is 15.2 Å². The highest BCUT2D eigenvalue weighted by Crippen LogP contribution is 2.53. The molecule has 3 aliphatic heterocycles. The number of methoxy groups -OCH3 is 1. The van der Waals surface area contributed by atoms with Gasteiger partial charge in [0.25, 0.3) is 0 Å². The van der Waals surface area contributed by atoms with Gasteiger partial charge in [0.15, 0.2) is 0 Å². The molecule has 2 saturated heterocycles. The van der Waals surface area contributed by atoms with Crippen molar-refractivity contribution < 1.29 is 32.2 Å². The lowest BCUT2D eigenvalue weighted by atomic mass is 9.77. The monoisotopic (exact) mass is 511 g/mol. The quantitative estimate of drug-likeness (QED) is 0.639. The van der Waals surface area contributed by atoms with Gasteiger partial charge in [-0.25, -0.2) is 4.79 Å². The van der Waals surface area contributed by atoms with Gasteiger partial charge in [-0.3, -0.25) is 15.1 Å². The van der Waals surface area contributed by atoms with Crippen LogP contribution in [0, 0.1) is 11.3 Å². The molecule has 3 fully saturated rings. The molecule has 3 amide bonds. The molecule has 5 rings (SSSR count). The fourth-order valence-electron chi connectivity index (χ4n) is 6.55. The minimum atomic E-state index is -4.50. The molecule has 5 atom stereocenters. The van der Waals surface area contributed by atoms with Gasteiger partial charge in [0.05, 0.1) is 29.9 Å². The number of fused-ring (bicyclic) bond motifs is 2. The number of nitrogens with one attached hydrogen (secondary N) is 1. The molecule has 4 aliphatic rings. The second-order valence-corrected chi connectivity index (χ2v) is 10.3. The van der Waals surface area contributed by atoms with Crippen LogP contribution in [0.2, 0.25) is 0 Å². The average molecular weight is 512 g/mol. The third-order valence-electron chi connectivity index (χ3n) is 8.37. The summed E-state index contributed by atoms with van der Waals surface area (Å²) in [6.45, 7) is 1.64. The molecule has 198 valence electrons. The predicted molar refractivity (Wildman–Crippen MR) is 121 cm³/mol. The molecule has 12 heteroatoms. The number of nitrogens with zero attached hydrogens (tertiary/aromatic N) is 3. The number of carbonyl (C=O) groups excluding carboxylic acids is 2. The van der Waals surface area contributed by atoms with Gasteiger partial charge < -0.3 is 25.0 Å². The number of nitrogens with two attached hydrogens (primary N) is 1. The lowest BCUT2D eigenvalue weighted by Gasteiger charge is -2.38. The smallest absolute Gasteiger partial charge is 0.379 e. The molecule has 1 aromatic heterocycles. The van der Waals surface area contributed by atoms with Crippen molar-refractivity contribution in [1.82, 2.24) is 20.1 Å². The molecule has 0 radical (unpaired) electrons. The van der Waals surface area contributed by atoms with E-state index < -0.39 is 29.4 Å². The number of halogens is 3. The normalized spacial score (nSPS) is 32.3. The molecule has 4 heterocycles. The topological polar surface area (TPSA) is 110 Å². The summed E-state index contributed by atoms with van der Waals surface area (Å²) in [6.07, 6.45) is -0.996. The van der Waals surface area contributed by atoms with Gasteiger partial charge in [-0.2, -0.15) is 13.2 Å². The molecule has 36 heavy (non-hydrogen) atoms. The molecule has 9 nitrogen and oxygen atoms in total. The first-order valence-electron chi connectivity index (χ1n) is 12.4. The van der Waals surface area contributed by atoms with Gasteiger partial charge >= 0.3 is 12.2 Å². The Labute approximate surface area is 207 Å². The summed E-state index contributed by atoms with van der Waals surface area (Å²) in [6, 6.07) is 0.435. The molecule has 0 spiro atoms. The van der Waals surface area contributed by atoms with Gasteiger partial charge in [-0.05, 0) is 30.9 Å². The van der Waals surface area contributed by atoms with Crippen molar-refractivity contribution in [3.63, 3.8) is 0 Å². The van der Waals surface area contributed by atoms with Crippen LogP contribution in [-0.2, 0) is 33.4 Å². The molecule has 0 bridgehead atoms.